The molecule has 2 aromatic rings. The molecule has 1 aliphatic rings. The second-order valence-corrected chi connectivity index (χ2v) is 4.99. The molecule has 0 atom stereocenters. The SMILES string of the molecule is Cc1cc(N2CCc3ccc(F)cc32)ccc1CN. The minimum atomic E-state index is -0.180. The first kappa shape index (κ1) is 12.2. The van der Waals surface area contributed by atoms with Crippen LogP contribution < -0.4 is 10.6 Å². The summed E-state index contributed by atoms with van der Waals surface area (Å²) < 4.78 is 13.4. The number of aryl methyl sites for hydroxylation is 1. The Balaban J connectivity index is 2.01. The molecule has 0 saturated heterocycles. The van der Waals surface area contributed by atoms with Crippen LogP contribution in [-0.4, -0.2) is 6.54 Å². The molecule has 2 nitrogen and oxygen atoms in total. The molecule has 98 valence electrons. The van der Waals surface area contributed by atoms with Crippen molar-refractivity contribution in [2.45, 2.75) is 19.9 Å². The van der Waals surface area contributed by atoms with E-state index in [0.29, 0.717) is 6.54 Å². The van der Waals surface area contributed by atoms with Crippen LogP contribution in [0.25, 0.3) is 0 Å². The van der Waals surface area contributed by atoms with Crippen LogP contribution in [0.3, 0.4) is 0 Å². The Bertz CT molecular complexity index is 622. The van der Waals surface area contributed by atoms with Crippen molar-refractivity contribution in [3.05, 3.63) is 58.9 Å². The Morgan fingerprint density at radius 1 is 1.21 bits per heavy atom. The average Bonchev–Trinajstić information content (AvgIpc) is 2.81. The summed E-state index contributed by atoms with van der Waals surface area (Å²) in [5.41, 5.74) is 11.3. The molecular formula is C16H17FN2. The van der Waals surface area contributed by atoms with Gasteiger partial charge in [0.1, 0.15) is 5.82 Å². The summed E-state index contributed by atoms with van der Waals surface area (Å²) in [5.74, 6) is -0.180. The summed E-state index contributed by atoms with van der Waals surface area (Å²) in [4.78, 5) is 2.17. The highest BCUT2D eigenvalue weighted by molar-refractivity contribution is 5.70. The lowest BCUT2D eigenvalue weighted by atomic mass is 10.1. The van der Waals surface area contributed by atoms with E-state index in [9.17, 15) is 4.39 Å². The van der Waals surface area contributed by atoms with Gasteiger partial charge in [0, 0.05) is 24.5 Å². The molecule has 0 radical (unpaired) electrons. The molecule has 2 N–H and O–H groups in total. The summed E-state index contributed by atoms with van der Waals surface area (Å²) in [7, 11) is 0. The van der Waals surface area contributed by atoms with Crippen molar-refractivity contribution in [3.63, 3.8) is 0 Å². The van der Waals surface area contributed by atoms with Gasteiger partial charge in [0.25, 0.3) is 0 Å². The zero-order valence-electron chi connectivity index (χ0n) is 11.0. The Morgan fingerprint density at radius 3 is 2.79 bits per heavy atom. The summed E-state index contributed by atoms with van der Waals surface area (Å²) in [6.45, 7) is 3.52. The van der Waals surface area contributed by atoms with Crippen LogP contribution in [0.15, 0.2) is 36.4 Å². The molecule has 3 rings (SSSR count). The Hall–Kier alpha value is -1.87. The van der Waals surface area contributed by atoms with Crippen molar-refractivity contribution in [3.8, 4) is 0 Å². The zero-order chi connectivity index (χ0) is 13.4. The van der Waals surface area contributed by atoms with E-state index >= 15 is 0 Å². The van der Waals surface area contributed by atoms with E-state index < -0.39 is 0 Å². The predicted octanol–water partition coefficient (Wildman–Crippen LogP) is 3.29. The highest BCUT2D eigenvalue weighted by atomic mass is 19.1. The molecule has 0 fully saturated rings. The summed E-state index contributed by atoms with van der Waals surface area (Å²) in [6.07, 6.45) is 0.966. The minimum absolute atomic E-state index is 0.180. The van der Waals surface area contributed by atoms with Gasteiger partial charge in [0.2, 0.25) is 0 Å². The molecule has 1 aliphatic heterocycles. The first-order valence-corrected chi connectivity index (χ1v) is 6.54. The zero-order valence-corrected chi connectivity index (χ0v) is 11.0. The van der Waals surface area contributed by atoms with Crippen LogP contribution in [0.1, 0.15) is 16.7 Å². The number of nitrogens with zero attached hydrogens (tertiary/aromatic N) is 1. The number of halogens is 1. The monoisotopic (exact) mass is 256 g/mol. The van der Waals surface area contributed by atoms with Crippen LogP contribution >= 0.6 is 0 Å². The molecule has 0 saturated carbocycles. The molecule has 1 heterocycles. The second kappa shape index (κ2) is 4.67. The van der Waals surface area contributed by atoms with Crippen molar-refractivity contribution in [1.82, 2.24) is 0 Å². The number of rotatable bonds is 2. The van der Waals surface area contributed by atoms with Crippen LogP contribution in [0.4, 0.5) is 15.8 Å². The fraction of sp³-hybridized carbons (Fsp3) is 0.250. The smallest absolute Gasteiger partial charge is 0.125 e. The fourth-order valence-electron chi connectivity index (χ4n) is 2.70. The molecule has 2 aromatic carbocycles. The standard InChI is InChI=1S/C16H17FN2/c1-11-8-15(5-3-13(11)10-18)19-7-6-12-2-4-14(17)9-16(12)19/h2-5,8-9H,6-7,10,18H2,1H3. The minimum Gasteiger partial charge on any atom is -0.341 e. The second-order valence-electron chi connectivity index (χ2n) is 4.99. The van der Waals surface area contributed by atoms with Gasteiger partial charge in [0.15, 0.2) is 0 Å². The van der Waals surface area contributed by atoms with Crippen LogP contribution in [-0.2, 0) is 13.0 Å². The number of anilines is 2. The number of hydrogen-bond acceptors (Lipinski definition) is 2. The largest absolute Gasteiger partial charge is 0.341 e. The predicted molar refractivity (Wildman–Crippen MR) is 76.2 cm³/mol. The van der Waals surface area contributed by atoms with Gasteiger partial charge in [-0.15, -0.1) is 0 Å². The number of nitrogens with two attached hydrogens (primary N) is 1. The van der Waals surface area contributed by atoms with Gasteiger partial charge in [-0.05, 0) is 54.3 Å². The van der Waals surface area contributed by atoms with E-state index in [4.69, 9.17) is 5.73 Å². The van der Waals surface area contributed by atoms with E-state index in [0.717, 1.165) is 29.9 Å². The van der Waals surface area contributed by atoms with Gasteiger partial charge in [0.05, 0.1) is 0 Å². The fourth-order valence-corrected chi connectivity index (χ4v) is 2.70. The van der Waals surface area contributed by atoms with Gasteiger partial charge >= 0.3 is 0 Å². The molecule has 19 heavy (non-hydrogen) atoms. The van der Waals surface area contributed by atoms with Crippen molar-refractivity contribution >= 4 is 11.4 Å². The van der Waals surface area contributed by atoms with E-state index in [1.165, 1.54) is 17.2 Å². The number of fused-ring (bicyclic) bond motifs is 1. The lowest BCUT2D eigenvalue weighted by Crippen LogP contribution is -2.14. The lowest BCUT2D eigenvalue weighted by Gasteiger charge is -2.21. The molecule has 0 aliphatic carbocycles. The van der Waals surface area contributed by atoms with Gasteiger partial charge < -0.3 is 10.6 Å². The molecule has 0 bridgehead atoms. The molecule has 0 unspecified atom stereocenters. The highest BCUT2D eigenvalue weighted by Gasteiger charge is 2.21. The number of benzene rings is 2. The van der Waals surface area contributed by atoms with E-state index in [-0.39, 0.29) is 5.82 Å². The van der Waals surface area contributed by atoms with Gasteiger partial charge in [-0.3, -0.25) is 0 Å². The Morgan fingerprint density at radius 2 is 2.05 bits per heavy atom. The normalized spacial score (nSPS) is 13.7. The summed E-state index contributed by atoms with van der Waals surface area (Å²) in [5, 5.41) is 0. The van der Waals surface area contributed by atoms with Crippen molar-refractivity contribution in [2.75, 3.05) is 11.4 Å². The first-order valence-electron chi connectivity index (χ1n) is 6.54. The maximum absolute atomic E-state index is 13.4. The van der Waals surface area contributed by atoms with Gasteiger partial charge in [-0.25, -0.2) is 4.39 Å². The van der Waals surface area contributed by atoms with Crippen molar-refractivity contribution < 1.29 is 4.39 Å². The lowest BCUT2D eigenvalue weighted by molar-refractivity contribution is 0.628. The number of hydrogen-bond donors (Lipinski definition) is 1. The Labute approximate surface area is 112 Å². The maximum atomic E-state index is 13.4. The topological polar surface area (TPSA) is 29.3 Å². The third-order valence-corrected chi connectivity index (χ3v) is 3.80. The van der Waals surface area contributed by atoms with Crippen LogP contribution in [0.5, 0.6) is 0 Å². The third kappa shape index (κ3) is 2.10. The molecule has 0 amide bonds. The van der Waals surface area contributed by atoms with Gasteiger partial charge in [-0.1, -0.05) is 12.1 Å². The summed E-state index contributed by atoms with van der Waals surface area (Å²) >= 11 is 0. The van der Waals surface area contributed by atoms with E-state index in [2.05, 4.69) is 30.0 Å². The summed E-state index contributed by atoms with van der Waals surface area (Å²) in [6, 6.07) is 11.3. The van der Waals surface area contributed by atoms with Crippen LogP contribution in [0.2, 0.25) is 0 Å². The highest BCUT2D eigenvalue weighted by Crippen LogP contribution is 2.35. The van der Waals surface area contributed by atoms with E-state index in [1.54, 1.807) is 6.07 Å². The molecule has 0 spiro atoms. The molecule has 0 aromatic heterocycles. The third-order valence-electron chi connectivity index (χ3n) is 3.80. The Kier molecular flexibility index (Phi) is 2.99. The molecular weight excluding hydrogens is 239 g/mol. The van der Waals surface area contributed by atoms with Crippen molar-refractivity contribution in [2.24, 2.45) is 5.73 Å². The van der Waals surface area contributed by atoms with Crippen LogP contribution in [0, 0.1) is 12.7 Å². The maximum Gasteiger partial charge on any atom is 0.125 e. The van der Waals surface area contributed by atoms with Crippen molar-refractivity contribution in [1.29, 1.82) is 0 Å². The average molecular weight is 256 g/mol. The van der Waals surface area contributed by atoms with Gasteiger partial charge in [-0.2, -0.15) is 0 Å². The first-order chi connectivity index (χ1) is 9.19. The van der Waals surface area contributed by atoms with E-state index in [1.807, 2.05) is 6.07 Å². The molecule has 3 heteroatoms. The quantitative estimate of drug-likeness (QED) is 0.893.